The number of rotatable bonds is 6. The van der Waals surface area contributed by atoms with E-state index in [0.29, 0.717) is 6.42 Å². The molecule has 1 fully saturated rings. The van der Waals surface area contributed by atoms with E-state index in [1.165, 1.54) is 0 Å². The molecule has 4 N–H and O–H groups in total. The summed E-state index contributed by atoms with van der Waals surface area (Å²) in [4.78, 5) is 33.1. The summed E-state index contributed by atoms with van der Waals surface area (Å²) in [5, 5.41) is 22.8. The van der Waals surface area contributed by atoms with Gasteiger partial charge in [-0.3, -0.25) is 9.59 Å². The van der Waals surface area contributed by atoms with E-state index in [4.69, 9.17) is 10.2 Å². The molecule has 1 heterocycles. The summed E-state index contributed by atoms with van der Waals surface area (Å²) in [7, 11) is 0. The van der Waals surface area contributed by atoms with Gasteiger partial charge >= 0.3 is 11.9 Å². The smallest absolute Gasteiger partial charge is 0.326 e. The van der Waals surface area contributed by atoms with Crippen molar-refractivity contribution in [3.05, 3.63) is 0 Å². The Hall–Kier alpha value is -1.63. The molecule has 7 heteroatoms. The number of amides is 1. The molecule has 1 aliphatic rings. The molecule has 7 nitrogen and oxygen atoms in total. The maximum absolute atomic E-state index is 11.8. The molecule has 0 aromatic rings. The van der Waals surface area contributed by atoms with Crippen LogP contribution in [0.1, 0.15) is 32.1 Å². The molecule has 1 amide bonds. The third-order valence-electron chi connectivity index (χ3n) is 2.89. The minimum absolute atomic E-state index is 0.108. The fraction of sp³-hybridized carbons (Fsp3) is 0.727. The van der Waals surface area contributed by atoms with Gasteiger partial charge in [-0.2, -0.15) is 0 Å². The molecule has 0 aromatic heterocycles. The number of hydrogen-bond donors (Lipinski definition) is 4. The molecular weight excluding hydrogens is 240 g/mol. The molecule has 0 unspecified atom stereocenters. The van der Waals surface area contributed by atoms with Crippen molar-refractivity contribution in [2.75, 3.05) is 6.54 Å². The lowest BCUT2D eigenvalue weighted by molar-refractivity contribution is -0.143. The first kappa shape index (κ1) is 14.4. The molecular formula is C11H18N2O5. The van der Waals surface area contributed by atoms with E-state index in [2.05, 4.69) is 10.6 Å². The minimum Gasteiger partial charge on any atom is -0.481 e. The zero-order valence-electron chi connectivity index (χ0n) is 10.0. The number of aliphatic carboxylic acids is 2. The molecule has 0 spiro atoms. The molecule has 0 aromatic carbocycles. The van der Waals surface area contributed by atoms with E-state index < -0.39 is 18.0 Å². The summed E-state index contributed by atoms with van der Waals surface area (Å²) in [6, 6.07) is -1.51. The fourth-order valence-electron chi connectivity index (χ4n) is 1.87. The van der Waals surface area contributed by atoms with Gasteiger partial charge in [0.1, 0.15) is 6.04 Å². The Balaban J connectivity index is 2.46. The highest BCUT2D eigenvalue weighted by Gasteiger charge is 2.26. The molecule has 2 atom stereocenters. The first-order valence-corrected chi connectivity index (χ1v) is 5.99. The van der Waals surface area contributed by atoms with Crippen LogP contribution in [-0.2, 0) is 14.4 Å². The molecule has 0 saturated carbocycles. The molecule has 0 radical (unpaired) electrons. The van der Waals surface area contributed by atoms with Crippen molar-refractivity contribution >= 4 is 17.8 Å². The van der Waals surface area contributed by atoms with Crippen molar-refractivity contribution in [2.45, 2.75) is 44.2 Å². The van der Waals surface area contributed by atoms with Crippen LogP contribution in [-0.4, -0.2) is 46.7 Å². The summed E-state index contributed by atoms with van der Waals surface area (Å²) in [6.45, 7) is 0.741. The van der Waals surface area contributed by atoms with E-state index in [-0.39, 0.29) is 24.8 Å². The van der Waals surface area contributed by atoms with Gasteiger partial charge in [0, 0.05) is 6.42 Å². The van der Waals surface area contributed by atoms with Crippen LogP contribution in [0.3, 0.4) is 0 Å². The second kappa shape index (κ2) is 6.95. The van der Waals surface area contributed by atoms with Crippen LogP contribution in [0.2, 0.25) is 0 Å². The summed E-state index contributed by atoms with van der Waals surface area (Å²) in [5.74, 6) is -2.65. The van der Waals surface area contributed by atoms with Gasteiger partial charge in [0.15, 0.2) is 0 Å². The van der Waals surface area contributed by atoms with Crippen LogP contribution in [0.25, 0.3) is 0 Å². The highest BCUT2D eigenvalue weighted by Crippen LogP contribution is 2.08. The lowest BCUT2D eigenvalue weighted by atomic mass is 10.0. The predicted molar refractivity (Wildman–Crippen MR) is 62.1 cm³/mol. The lowest BCUT2D eigenvalue weighted by Gasteiger charge is -2.24. The van der Waals surface area contributed by atoms with Gasteiger partial charge in [-0.05, 0) is 25.8 Å². The topological polar surface area (TPSA) is 116 Å². The zero-order valence-corrected chi connectivity index (χ0v) is 10.0. The number of carboxylic acids is 2. The molecule has 0 aliphatic carbocycles. The van der Waals surface area contributed by atoms with Crippen LogP contribution >= 0.6 is 0 Å². The zero-order chi connectivity index (χ0) is 13.5. The maximum Gasteiger partial charge on any atom is 0.326 e. The van der Waals surface area contributed by atoms with Gasteiger partial charge in [0.25, 0.3) is 0 Å². The van der Waals surface area contributed by atoms with E-state index in [1.807, 2.05) is 0 Å². The average molecular weight is 258 g/mol. The van der Waals surface area contributed by atoms with Crippen molar-refractivity contribution in [3.63, 3.8) is 0 Å². The molecule has 18 heavy (non-hydrogen) atoms. The lowest BCUT2D eigenvalue weighted by Crippen LogP contribution is -2.51. The Morgan fingerprint density at radius 2 is 2.00 bits per heavy atom. The van der Waals surface area contributed by atoms with Gasteiger partial charge in [-0.15, -0.1) is 0 Å². The predicted octanol–water partition coefficient (Wildman–Crippen LogP) is -0.437. The summed E-state index contributed by atoms with van der Waals surface area (Å²) < 4.78 is 0. The Bertz CT molecular complexity index is 325. The van der Waals surface area contributed by atoms with Gasteiger partial charge in [-0.25, -0.2) is 4.79 Å². The first-order valence-electron chi connectivity index (χ1n) is 5.99. The van der Waals surface area contributed by atoms with Crippen molar-refractivity contribution in [3.8, 4) is 0 Å². The van der Waals surface area contributed by atoms with Crippen molar-refractivity contribution in [2.24, 2.45) is 0 Å². The van der Waals surface area contributed by atoms with Crippen LogP contribution in [0.5, 0.6) is 0 Å². The van der Waals surface area contributed by atoms with E-state index in [9.17, 15) is 14.4 Å². The Labute approximate surface area is 105 Å². The summed E-state index contributed by atoms with van der Waals surface area (Å²) in [5.41, 5.74) is 0. The van der Waals surface area contributed by atoms with Crippen LogP contribution in [0.15, 0.2) is 0 Å². The monoisotopic (exact) mass is 258 g/mol. The Kier molecular flexibility index (Phi) is 5.57. The number of hydrogen-bond acceptors (Lipinski definition) is 4. The molecule has 0 bridgehead atoms. The first-order chi connectivity index (χ1) is 8.50. The van der Waals surface area contributed by atoms with Crippen molar-refractivity contribution < 1.29 is 24.6 Å². The minimum atomic E-state index is -1.21. The normalized spacial score (nSPS) is 21.0. The van der Waals surface area contributed by atoms with E-state index in [0.717, 1.165) is 19.4 Å². The Morgan fingerprint density at radius 1 is 1.28 bits per heavy atom. The SMILES string of the molecule is O=C(O)CC[C@H](NC(=O)[C@H]1CCCCN1)C(=O)O. The second-order valence-corrected chi connectivity index (χ2v) is 4.33. The molecule has 1 saturated heterocycles. The number of carboxylic acid groups (broad SMARTS) is 2. The quantitative estimate of drug-likeness (QED) is 0.513. The molecule has 1 rings (SSSR count). The van der Waals surface area contributed by atoms with Crippen LogP contribution in [0.4, 0.5) is 0 Å². The second-order valence-electron chi connectivity index (χ2n) is 4.33. The van der Waals surface area contributed by atoms with Crippen LogP contribution < -0.4 is 10.6 Å². The highest BCUT2D eigenvalue weighted by molar-refractivity contribution is 5.87. The third kappa shape index (κ3) is 4.70. The number of carbonyl (C=O) groups excluding carboxylic acids is 1. The third-order valence-corrected chi connectivity index (χ3v) is 2.89. The maximum atomic E-state index is 11.8. The van der Waals surface area contributed by atoms with Crippen LogP contribution in [0, 0.1) is 0 Å². The molecule has 1 aliphatic heterocycles. The Morgan fingerprint density at radius 3 is 2.50 bits per heavy atom. The highest BCUT2D eigenvalue weighted by atomic mass is 16.4. The number of carbonyl (C=O) groups is 3. The van der Waals surface area contributed by atoms with E-state index in [1.54, 1.807) is 0 Å². The summed E-state index contributed by atoms with van der Waals surface area (Å²) in [6.07, 6.45) is 2.22. The molecule has 102 valence electrons. The van der Waals surface area contributed by atoms with Gasteiger partial charge in [0.2, 0.25) is 5.91 Å². The van der Waals surface area contributed by atoms with E-state index >= 15 is 0 Å². The van der Waals surface area contributed by atoms with Crippen molar-refractivity contribution in [1.82, 2.24) is 10.6 Å². The van der Waals surface area contributed by atoms with Gasteiger partial charge < -0.3 is 20.8 Å². The fourth-order valence-corrected chi connectivity index (χ4v) is 1.87. The summed E-state index contributed by atoms with van der Waals surface area (Å²) >= 11 is 0. The average Bonchev–Trinajstić information content (AvgIpc) is 2.34. The van der Waals surface area contributed by atoms with Gasteiger partial charge in [0.05, 0.1) is 6.04 Å². The number of nitrogens with one attached hydrogen (secondary N) is 2. The number of piperidine rings is 1. The van der Waals surface area contributed by atoms with Gasteiger partial charge in [-0.1, -0.05) is 6.42 Å². The standard InChI is InChI=1S/C11H18N2O5/c14-9(15)5-4-8(11(17)18)13-10(16)7-3-1-2-6-12-7/h7-8,12H,1-6H2,(H,13,16)(H,14,15)(H,17,18)/t7-,8+/m1/s1. The largest absolute Gasteiger partial charge is 0.481 e. The van der Waals surface area contributed by atoms with Crippen molar-refractivity contribution in [1.29, 1.82) is 0 Å².